The predicted molar refractivity (Wildman–Crippen MR) is 94.1 cm³/mol. The number of rotatable bonds is 3. The molecule has 1 amide bonds. The summed E-state index contributed by atoms with van der Waals surface area (Å²) in [6.07, 6.45) is 0. The van der Waals surface area contributed by atoms with Gasteiger partial charge in [-0.1, -0.05) is 18.2 Å². The van der Waals surface area contributed by atoms with Gasteiger partial charge in [0, 0.05) is 45.0 Å². The van der Waals surface area contributed by atoms with E-state index in [0.29, 0.717) is 19.2 Å². The van der Waals surface area contributed by atoms with Crippen molar-refractivity contribution in [2.45, 2.75) is 0 Å². The lowest BCUT2D eigenvalue weighted by atomic mass is 10.2. The molecule has 0 radical (unpaired) electrons. The zero-order chi connectivity index (χ0) is 16.8. The highest BCUT2D eigenvalue weighted by molar-refractivity contribution is 5.84. The van der Waals surface area contributed by atoms with E-state index in [2.05, 4.69) is 22.0 Å². The number of amides is 1. The van der Waals surface area contributed by atoms with Crippen molar-refractivity contribution in [3.63, 3.8) is 0 Å². The number of hydrogen-bond donors (Lipinski definition) is 1. The average molecular weight is 331 g/mol. The van der Waals surface area contributed by atoms with Crippen LogP contribution in [0, 0.1) is 0 Å². The van der Waals surface area contributed by atoms with E-state index in [9.17, 15) is 4.79 Å². The van der Waals surface area contributed by atoms with Crippen molar-refractivity contribution < 1.29 is 9.53 Å². The number of benzene rings is 1. The quantitative estimate of drug-likeness (QED) is 0.622. The first-order valence-corrected chi connectivity index (χ1v) is 8.44. The molecule has 1 aromatic carbocycles. The van der Waals surface area contributed by atoms with Crippen molar-refractivity contribution in [1.82, 2.24) is 9.80 Å². The number of aliphatic imine (C=N–C) groups is 1. The highest BCUT2D eigenvalue weighted by Crippen LogP contribution is 2.15. The fraction of sp³-hybridized carbons (Fsp3) is 0.529. The van der Waals surface area contributed by atoms with E-state index in [-0.39, 0.29) is 12.5 Å². The summed E-state index contributed by atoms with van der Waals surface area (Å²) in [5, 5.41) is 0. The molecule has 0 spiro atoms. The Labute approximate surface area is 142 Å². The molecule has 0 aliphatic carbocycles. The molecule has 0 atom stereocenters. The lowest BCUT2D eigenvalue weighted by molar-refractivity contribution is -0.129. The van der Waals surface area contributed by atoms with E-state index >= 15 is 0 Å². The van der Waals surface area contributed by atoms with Crippen molar-refractivity contribution in [2.75, 3.05) is 63.9 Å². The second-order valence-corrected chi connectivity index (χ2v) is 5.98. The van der Waals surface area contributed by atoms with Gasteiger partial charge in [0.15, 0.2) is 5.96 Å². The van der Waals surface area contributed by atoms with Gasteiger partial charge in [-0.25, -0.2) is 4.99 Å². The molecule has 0 bridgehead atoms. The Morgan fingerprint density at radius 3 is 2.33 bits per heavy atom. The molecule has 0 unspecified atom stereocenters. The smallest absolute Gasteiger partial charge is 0.244 e. The van der Waals surface area contributed by atoms with Crippen LogP contribution < -0.4 is 10.6 Å². The third kappa shape index (κ3) is 4.17. The number of piperazine rings is 1. The van der Waals surface area contributed by atoms with Crippen LogP contribution in [0.3, 0.4) is 0 Å². The Kier molecular flexibility index (Phi) is 5.53. The molecule has 2 aliphatic heterocycles. The minimum atomic E-state index is 0.0407. The van der Waals surface area contributed by atoms with Gasteiger partial charge in [-0.3, -0.25) is 4.79 Å². The number of anilines is 1. The second-order valence-electron chi connectivity index (χ2n) is 5.98. The Morgan fingerprint density at radius 2 is 1.67 bits per heavy atom. The maximum absolute atomic E-state index is 12.3. The van der Waals surface area contributed by atoms with Gasteiger partial charge in [-0.2, -0.15) is 0 Å². The van der Waals surface area contributed by atoms with Crippen molar-refractivity contribution in [1.29, 1.82) is 0 Å². The number of hydrogen-bond acceptors (Lipinski definition) is 4. The maximum atomic E-state index is 12.3. The zero-order valence-corrected chi connectivity index (χ0v) is 13.9. The molecular weight excluding hydrogens is 306 g/mol. The van der Waals surface area contributed by atoms with Gasteiger partial charge in [0.2, 0.25) is 5.91 Å². The van der Waals surface area contributed by atoms with Crippen molar-refractivity contribution in [3.05, 3.63) is 30.3 Å². The summed E-state index contributed by atoms with van der Waals surface area (Å²) in [6.45, 7) is 6.04. The SMILES string of the molecule is NC(=NCC(=O)N1CCN(c2ccccc2)CC1)N1CCOCC1. The Balaban J connectivity index is 1.46. The summed E-state index contributed by atoms with van der Waals surface area (Å²) in [7, 11) is 0. The predicted octanol–water partition coefficient (Wildman–Crippen LogP) is -0.0179. The number of guanidine groups is 1. The fourth-order valence-corrected chi connectivity index (χ4v) is 2.99. The summed E-state index contributed by atoms with van der Waals surface area (Å²) >= 11 is 0. The maximum Gasteiger partial charge on any atom is 0.244 e. The van der Waals surface area contributed by atoms with Gasteiger partial charge in [0.05, 0.1) is 13.2 Å². The van der Waals surface area contributed by atoms with Crippen LogP contribution in [0.4, 0.5) is 5.69 Å². The number of carbonyl (C=O) groups is 1. The van der Waals surface area contributed by atoms with Crippen LogP contribution in [0.5, 0.6) is 0 Å². The van der Waals surface area contributed by atoms with Crippen LogP contribution in [0.1, 0.15) is 0 Å². The van der Waals surface area contributed by atoms with Crippen LogP contribution in [-0.2, 0) is 9.53 Å². The van der Waals surface area contributed by atoms with Crippen molar-refractivity contribution in [2.24, 2.45) is 10.7 Å². The molecule has 130 valence electrons. The highest BCUT2D eigenvalue weighted by atomic mass is 16.5. The van der Waals surface area contributed by atoms with Crippen LogP contribution in [-0.4, -0.2) is 80.7 Å². The minimum absolute atomic E-state index is 0.0407. The third-order valence-corrected chi connectivity index (χ3v) is 4.47. The largest absolute Gasteiger partial charge is 0.378 e. The molecule has 2 N–H and O–H groups in total. The molecule has 7 nitrogen and oxygen atoms in total. The van der Waals surface area contributed by atoms with Gasteiger partial charge < -0.3 is 25.2 Å². The lowest BCUT2D eigenvalue weighted by Gasteiger charge is -2.36. The molecule has 0 aromatic heterocycles. The number of morpholine rings is 1. The van der Waals surface area contributed by atoms with Crippen LogP contribution in [0.2, 0.25) is 0 Å². The standard InChI is InChI=1S/C17H25N5O2/c18-17(22-10-12-24-13-11-22)19-14-16(23)21-8-6-20(7-9-21)15-4-2-1-3-5-15/h1-5H,6-14H2,(H2,18,19). The molecule has 24 heavy (non-hydrogen) atoms. The normalized spacial score (nSPS) is 19.5. The van der Waals surface area contributed by atoms with E-state index in [0.717, 1.165) is 39.3 Å². The minimum Gasteiger partial charge on any atom is -0.378 e. The Bertz CT molecular complexity index is 564. The molecular formula is C17H25N5O2. The van der Waals surface area contributed by atoms with E-state index in [1.807, 2.05) is 28.0 Å². The van der Waals surface area contributed by atoms with E-state index in [4.69, 9.17) is 10.5 Å². The molecule has 2 saturated heterocycles. The van der Waals surface area contributed by atoms with E-state index in [1.54, 1.807) is 0 Å². The van der Waals surface area contributed by atoms with Gasteiger partial charge in [-0.15, -0.1) is 0 Å². The number of nitrogens with two attached hydrogens (primary N) is 1. The Hall–Kier alpha value is -2.28. The second kappa shape index (κ2) is 8.01. The summed E-state index contributed by atoms with van der Waals surface area (Å²) < 4.78 is 5.29. The van der Waals surface area contributed by atoms with Crippen molar-refractivity contribution in [3.8, 4) is 0 Å². The molecule has 7 heteroatoms. The highest BCUT2D eigenvalue weighted by Gasteiger charge is 2.21. The number of nitrogens with zero attached hydrogens (tertiary/aromatic N) is 4. The monoisotopic (exact) mass is 331 g/mol. The molecule has 1 aromatic rings. The van der Waals surface area contributed by atoms with Gasteiger partial charge >= 0.3 is 0 Å². The van der Waals surface area contributed by atoms with Crippen LogP contribution >= 0.6 is 0 Å². The Morgan fingerprint density at radius 1 is 1.00 bits per heavy atom. The van der Waals surface area contributed by atoms with Gasteiger partial charge in [-0.05, 0) is 12.1 Å². The average Bonchev–Trinajstić information content (AvgIpc) is 2.67. The number of carbonyl (C=O) groups excluding carboxylic acids is 1. The first kappa shape index (κ1) is 16.6. The van der Waals surface area contributed by atoms with Gasteiger partial charge in [0.25, 0.3) is 0 Å². The van der Waals surface area contributed by atoms with E-state index < -0.39 is 0 Å². The molecule has 2 aliphatic rings. The number of ether oxygens (including phenoxy) is 1. The molecule has 2 heterocycles. The molecule has 2 fully saturated rings. The van der Waals surface area contributed by atoms with Crippen molar-refractivity contribution >= 4 is 17.6 Å². The summed E-state index contributed by atoms with van der Waals surface area (Å²) in [5.74, 6) is 0.480. The van der Waals surface area contributed by atoms with Crippen LogP contribution in [0.15, 0.2) is 35.3 Å². The summed E-state index contributed by atoms with van der Waals surface area (Å²) in [6, 6.07) is 10.3. The first-order chi connectivity index (χ1) is 11.7. The lowest BCUT2D eigenvalue weighted by Crippen LogP contribution is -2.50. The molecule has 0 saturated carbocycles. The third-order valence-electron chi connectivity index (χ3n) is 4.47. The summed E-state index contributed by atoms with van der Waals surface area (Å²) in [5.41, 5.74) is 7.17. The number of para-hydroxylation sites is 1. The first-order valence-electron chi connectivity index (χ1n) is 8.44. The zero-order valence-electron chi connectivity index (χ0n) is 13.9. The fourth-order valence-electron chi connectivity index (χ4n) is 2.99. The molecule has 3 rings (SSSR count). The van der Waals surface area contributed by atoms with Crippen LogP contribution in [0.25, 0.3) is 0 Å². The van der Waals surface area contributed by atoms with Gasteiger partial charge in [0.1, 0.15) is 6.54 Å². The topological polar surface area (TPSA) is 74.4 Å². The summed E-state index contributed by atoms with van der Waals surface area (Å²) in [4.78, 5) is 22.7. The van der Waals surface area contributed by atoms with E-state index in [1.165, 1.54) is 5.69 Å².